The number of carbonyl (C=O) groups is 1. The lowest BCUT2D eigenvalue weighted by Crippen LogP contribution is -2.36. The van der Waals surface area contributed by atoms with Crippen molar-refractivity contribution in [2.75, 3.05) is 53.4 Å². The fourth-order valence-corrected chi connectivity index (χ4v) is 3.91. The number of para-hydroxylation sites is 1. The van der Waals surface area contributed by atoms with E-state index in [1.54, 1.807) is 17.0 Å². The van der Waals surface area contributed by atoms with Crippen molar-refractivity contribution >= 4 is 45.0 Å². The van der Waals surface area contributed by atoms with Crippen LogP contribution >= 0.6 is 23.7 Å². The Balaban J connectivity index is 0.00000320. The molecule has 0 aliphatic rings. The summed E-state index contributed by atoms with van der Waals surface area (Å²) < 4.78 is 17.2. The molecule has 0 saturated heterocycles. The molecule has 0 spiro atoms. The highest BCUT2D eigenvalue weighted by Crippen LogP contribution is 2.39. The van der Waals surface area contributed by atoms with Crippen LogP contribution < -0.4 is 19.1 Å². The summed E-state index contributed by atoms with van der Waals surface area (Å²) in [7, 11) is 8.54. The maximum atomic E-state index is 13.5. The topological polar surface area (TPSA) is 64.1 Å². The number of nitrogens with zero attached hydrogens (tertiary/aromatic N) is 3. The number of aromatic nitrogens is 1. The van der Waals surface area contributed by atoms with Crippen LogP contribution in [0.1, 0.15) is 10.4 Å². The summed E-state index contributed by atoms with van der Waals surface area (Å²) in [5.41, 5.74) is 1.32. The second-order valence-electron chi connectivity index (χ2n) is 6.64. The standard InChI is InChI=1S/C21H25N3O4S.ClH/c1-23(2)10-11-24(21-22-15-8-6-7-9-18(15)29-21)20(25)14-12-16(26-3)19(28-5)17(13-14)27-4;/h6-9,12-13H,10-11H2,1-5H3;1H. The third-order valence-electron chi connectivity index (χ3n) is 4.44. The number of thiazole rings is 1. The van der Waals surface area contributed by atoms with E-state index in [0.29, 0.717) is 41.0 Å². The van der Waals surface area contributed by atoms with Crippen molar-refractivity contribution in [2.45, 2.75) is 0 Å². The van der Waals surface area contributed by atoms with Crippen LogP contribution in [-0.2, 0) is 0 Å². The van der Waals surface area contributed by atoms with Gasteiger partial charge in [-0.3, -0.25) is 9.69 Å². The van der Waals surface area contributed by atoms with Crippen molar-refractivity contribution in [3.8, 4) is 17.2 Å². The maximum absolute atomic E-state index is 13.5. The van der Waals surface area contributed by atoms with Gasteiger partial charge in [-0.15, -0.1) is 12.4 Å². The highest BCUT2D eigenvalue weighted by Gasteiger charge is 2.24. The molecular weight excluding hydrogens is 426 g/mol. The third-order valence-corrected chi connectivity index (χ3v) is 5.50. The van der Waals surface area contributed by atoms with Crippen LogP contribution in [0.25, 0.3) is 10.2 Å². The van der Waals surface area contributed by atoms with Gasteiger partial charge in [0.1, 0.15) is 0 Å². The SMILES string of the molecule is COc1cc(C(=O)N(CCN(C)C)c2nc3ccccc3s2)cc(OC)c1OC.Cl. The maximum Gasteiger partial charge on any atom is 0.260 e. The number of hydrogen-bond acceptors (Lipinski definition) is 7. The predicted octanol–water partition coefficient (Wildman–Crippen LogP) is 3.95. The minimum Gasteiger partial charge on any atom is -0.493 e. The average molecular weight is 452 g/mol. The van der Waals surface area contributed by atoms with E-state index in [0.717, 1.165) is 10.2 Å². The monoisotopic (exact) mass is 451 g/mol. The molecule has 0 bridgehead atoms. The summed E-state index contributed by atoms with van der Waals surface area (Å²) in [6, 6.07) is 11.2. The van der Waals surface area contributed by atoms with Crippen LogP contribution in [0.3, 0.4) is 0 Å². The van der Waals surface area contributed by atoms with E-state index in [-0.39, 0.29) is 18.3 Å². The average Bonchev–Trinajstić information content (AvgIpc) is 3.16. The smallest absolute Gasteiger partial charge is 0.260 e. The Bertz CT molecular complexity index is 951. The molecular formula is C21H26ClN3O4S. The van der Waals surface area contributed by atoms with Gasteiger partial charge < -0.3 is 19.1 Å². The number of likely N-dealkylation sites (N-methyl/N-ethyl adjacent to an activating group) is 1. The fraction of sp³-hybridized carbons (Fsp3) is 0.333. The van der Waals surface area contributed by atoms with Gasteiger partial charge in [-0.1, -0.05) is 23.5 Å². The zero-order valence-corrected chi connectivity index (χ0v) is 19.3. The minimum atomic E-state index is -0.176. The molecule has 0 radical (unpaired) electrons. The number of methoxy groups -OCH3 is 3. The van der Waals surface area contributed by atoms with Crippen LogP contribution in [0, 0.1) is 0 Å². The first kappa shape index (κ1) is 23.7. The Morgan fingerprint density at radius 1 is 1.00 bits per heavy atom. The second-order valence-corrected chi connectivity index (χ2v) is 7.65. The molecule has 1 heterocycles. The molecule has 0 aliphatic heterocycles. The van der Waals surface area contributed by atoms with Gasteiger partial charge >= 0.3 is 0 Å². The molecule has 0 N–H and O–H groups in total. The Kier molecular flexibility index (Phi) is 8.28. The highest BCUT2D eigenvalue weighted by atomic mass is 35.5. The zero-order chi connectivity index (χ0) is 21.0. The summed E-state index contributed by atoms with van der Waals surface area (Å²) in [5, 5.41) is 0.659. The molecule has 1 amide bonds. The highest BCUT2D eigenvalue weighted by molar-refractivity contribution is 7.22. The molecule has 7 nitrogen and oxygen atoms in total. The van der Waals surface area contributed by atoms with Crippen molar-refractivity contribution in [3.63, 3.8) is 0 Å². The fourth-order valence-electron chi connectivity index (χ4n) is 2.92. The number of ether oxygens (including phenoxy) is 3. The van der Waals surface area contributed by atoms with E-state index in [1.807, 2.05) is 43.3 Å². The van der Waals surface area contributed by atoms with Crippen LogP contribution in [0.2, 0.25) is 0 Å². The van der Waals surface area contributed by atoms with Crippen LogP contribution in [0.5, 0.6) is 17.2 Å². The van der Waals surface area contributed by atoms with E-state index < -0.39 is 0 Å². The van der Waals surface area contributed by atoms with Crippen molar-refractivity contribution in [2.24, 2.45) is 0 Å². The van der Waals surface area contributed by atoms with E-state index in [9.17, 15) is 4.79 Å². The lowest BCUT2D eigenvalue weighted by Gasteiger charge is -2.23. The van der Waals surface area contributed by atoms with Gasteiger partial charge in [-0.2, -0.15) is 0 Å². The molecule has 30 heavy (non-hydrogen) atoms. The first-order valence-corrected chi connectivity index (χ1v) is 9.92. The second kappa shape index (κ2) is 10.5. The van der Waals surface area contributed by atoms with Crippen LogP contribution in [-0.4, -0.2) is 64.3 Å². The van der Waals surface area contributed by atoms with Crippen LogP contribution in [0.15, 0.2) is 36.4 Å². The molecule has 0 fully saturated rings. The Morgan fingerprint density at radius 3 is 2.17 bits per heavy atom. The van der Waals surface area contributed by atoms with Crippen molar-refractivity contribution in [1.29, 1.82) is 0 Å². The van der Waals surface area contributed by atoms with Gasteiger partial charge in [0.2, 0.25) is 5.75 Å². The van der Waals surface area contributed by atoms with E-state index >= 15 is 0 Å². The summed E-state index contributed by atoms with van der Waals surface area (Å²) >= 11 is 1.50. The number of benzene rings is 2. The molecule has 3 aromatic rings. The molecule has 0 atom stereocenters. The lowest BCUT2D eigenvalue weighted by atomic mass is 10.1. The minimum absolute atomic E-state index is 0. The van der Waals surface area contributed by atoms with Gasteiger partial charge in [0.05, 0.1) is 31.5 Å². The van der Waals surface area contributed by atoms with E-state index in [1.165, 1.54) is 32.7 Å². The first-order valence-electron chi connectivity index (χ1n) is 9.10. The summed E-state index contributed by atoms with van der Waals surface area (Å²) in [6.07, 6.45) is 0. The van der Waals surface area contributed by atoms with Gasteiger partial charge in [0.25, 0.3) is 5.91 Å². The van der Waals surface area contributed by atoms with Gasteiger partial charge in [-0.05, 0) is 38.4 Å². The summed E-state index contributed by atoms with van der Waals surface area (Å²) in [4.78, 5) is 21.9. The van der Waals surface area contributed by atoms with Gasteiger partial charge in [0, 0.05) is 18.7 Å². The van der Waals surface area contributed by atoms with Crippen molar-refractivity contribution in [3.05, 3.63) is 42.0 Å². The molecule has 162 valence electrons. The summed E-state index contributed by atoms with van der Waals surface area (Å²) in [6.45, 7) is 1.20. The first-order chi connectivity index (χ1) is 14.0. The lowest BCUT2D eigenvalue weighted by molar-refractivity contribution is 0.0984. The third kappa shape index (κ3) is 4.95. The Labute approximate surface area is 186 Å². The van der Waals surface area contributed by atoms with E-state index in [4.69, 9.17) is 14.2 Å². The summed E-state index contributed by atoms with van der Waals surface area (Å²) in [5.74, 6) is 1.15. The molecule has 0 aliphatic carbocycles. The normalized spacial score (nSPS) is 10.6. The Hall–Kier alpha value is -2.55. The number of halogens is 1. The van der Waals surface area contributed by atoms with E-state index in [2.05, 4.69) is 4.98 Å². The number of rotatable bonds is 8. The number of carbonyl (C=O) groups excluding carboxylic acids is 1. The number of fused-ring (bicyclic) bond motifs is 1. The van der Waals surface area contributed by atoms with Gasteiger partial charge in [-0.25, -0.2) is 4.98 Å². The molecule has 0 unspecified atom stereocenters. The molecule has 9 heteroatoms. The number of hydrogen-bond donors (Lipinski definition) is 0. The van der Waals surface area contributed by atoms with Crippen molar-refractivity contribution < 1.29 is 19.0 Å². The Morgan fingerprint density at radius 2 is 1.63 bits per heavy atom. The number of amides is 1. The number of anilines is 1. The van der Waals surface area contributed by atoms with Crippen molar-refractivity contribution in [1.82, 2.24) is 9.88 Å². The molecule has 3 rings (SSSR count). The predicted molar refractivity (Wildman–Crippen MR) is 123 cm³/mol. The molecule has 0 saturated carbocycles. The largest absolute Gasteiger partial charge is 0.493 e. The van der Waals surface area contributed by atoms with Gasteiger partial charge in [0.15, 0.2) is 16.6 Å². The molecule has 1 aromatic heterocycles. The van der Waals surface area contributed by atoms with Crippen LogP contribution in [0.4, 0.5) is 5.13 Å². The zero-order valence-electron chi connectivity index (χ0n) is 17.7. The quantitative estimate of drug-likeness (QED) is 0.516. The molecule has 2 aromatic carbocycles.